The minimum Gasteiger partial charge on any atom is -0.398 e. The number of anilines is 1. The van der Waals surface area contributed by atoms with Crippen molar-refractivity contribution in [3.05, 3.63) is 18.2 Å². The molecule has 0 heterocycles. The number of hydrogen-bond donors (Lipinski definition) is 2. The van der Waals surface area contributed by atoms with E-state index < -0.39 is 10.1 Å². The Balaban J connectivity index is 3.09. The van der Waals surface area contributed by atoms with Gasteiger partial charge < -0.3 is 5.73 Å². The Morgan fingerprint density at radius 3 is 2.62 bits per heavy atom. The average molecular weight is 261 g/mol. The maximum Gasteiger partial charge on any atom is 0.294 e. The third-order valence-corrected chi connectivity index (χ3v) is 4.38. The van der Waals surface area contributed by atoms with Gasteiger partial charge in [-0.15, -0.1) is 11.8 Å². The number of nitrogens with two attached hydrogens (primary N) is 1. The predicted molar refractivity (Wildman–Crippen MR) is 66.3 cm³/mol. The Hall–Kier alpha value is -0.720. The number of thioether (sulfide) groups is 1. The van der Waals surface area contributed by atoms with Crippen molar-refractivity contribution in [1.29, 1.82) is 0 Å². The van der Waals surface area contributed by atoms with Crippen LogP contribution in [-0.4, -0.2) is 18.2 Å². The van der Waals surface area contributed by atoms with E-state index >= 15 is 0 Å². The molecule has 1 aromatic rings. The Bertz CT molecular complexity index is 471. The summed E-state index contributed by atoms with van der Waals surface area (Å²) in [4.78, 5) is 0.567. The van der Waals surface area contributed by atoms with Gasteiger partial charge in [0.25, 0.3) is 10.1 Å². The molecule has 0 radical (unpaired) electrons. The largest absolute Gasteiger partial charge is 0.398 e. The monoisotopic (exact) mass is 261 g/mol. The van der Waals surface area contributed by atoms with Crippen LogP contribution in [0.2, 0.25) is 0 Å². The van der Waals surface area contributed by atoms with Gasteiger partial charge in [0, 0.05) is 15.8 Å². The Kier molecular flexibility index (Phi) is 4.23. The molecule has 1 atom stereocenters. The molecule has 0 aliphatic rings. The van der Waals surface area contributed by atoms with Gasteiger partial charge in [0.15, 0.2) is 0 Å². The summed E-state index contributed by atoms with van der Waals surface area (Å²) in [6.07, 6.45) is 0.959. The van der Waals surface area contributed by atoms with Crippen LogP contribution in [0.25, 0.3) is 0 Å². The first-order valence-electron chi connectivity index (χ1n) is 4.88. The summed E-state index contributed by atoms with van der Waals surface area (Å²) in [6.45, 7) is 4.07. The molecule has 0 amide bonds. The van der Waals surface area contributed by atoms with Gasteiger partial charge >= 0.3 is 0 Å². The molecule has 3 N–H and O–H groups in total. The van der Waals surface area contributed by atoms with Crippen molar-refractivity contribution in [2.75, 3.05) is 5.73 Å². The maximum absolute atomic E-state index is 11.0. The summed E-state index contributed by atoms with van der Waals surface area (Å²) < 4.78 is 30.8. The highest BCUT2D eigenvalue weighted by molar-refractivity contribution is 8.00. The van der Waals surface area contributed by atoms with Crippen molar-refractivity contribution in [3.63, 3.8) is 0 Å². The maximum atomic E-state index is 11.0. The standard InChI is InChI=1S/C10H15NO3S2/c1-3-7(2)15-10-6-8(16(12,13)14)4-5-9(10)11/h4-7H,3,11H2,1-2H3,(H,12,13,14). The van der Waals surface area contributed by atoms with Crippen molar-refractivity contribution in [1.82, 2.24) is 0 Å². The molecule has 1 aromatic carbocycles. The number of benzene rings is 1. The molecule has 1 rings (SSSR count). The molecule has 90 valence electrons. The van der Waals surface area contributed by atoms with E-state index in [0.717, 1.165) is 6.42 Å². The summed E-state index contributed by atoms with van der Waals surface area (Å²) in [6, 6.07) is 4.20. The number of hydrogen-bond acceptors (Lipinski definition) is 4. The highest BCUT2D eigenvalue weighted by Gasteiger charge is 2.13. The van der Waals surface area contributed by atoms with Crippen molar-refractivity contribution in [3.8, 4) is 0 Å². The van der Waals surface area contributed by atoms with E-state index in [1.54, 1.807) is 0 Å². The van der Waals surface area contributed by atoms with Crippen molar-refractivity contribution < 1.29 is 13.0 Å². The van der Waals surface area contributed by atoms with E-state index in [9.17, 15) is 8.42 Å². The second kappa shape index (κ2) is 5.07. The van der Waals surface area contributed by atoms with E-state index in [1.807, 2.05) is 13.8 Å². The normalized spacial score (nSPS) is 13.7. The van der Waals surface area contributed by atoms with Gasteiger partial charge in [0.05, 0.1) is 4.90 Å². The van der Waals surface area contributed by atoms with Gasteiger partial charge in [-0.3, -0.25) is 4.55 Å². The lowest BCUT2D eigenvalue weighted by molar-refractivity contribution is 0.483. The average Bonchev–Trinajstić information content (AvgIpc) is 2.19. The van der Waals surface area contributed by atoms with E-state index in [2.05, 4.69) is 0 Å². The SMILES string of the molecule is CCC(C)Sc1cc(S(=O)(=O)O)ccc1N. The lowest BCUT2D eigenvalue weighted by Crippen LogP contribution is -2.01. The van der Waals surface area contributed by atoms with Crippen molar-refractivity contribution in [2.45, 2.75) is 35.3 Å². The Labute approximate surface area is 100.0 Å². The second-order valence-electron chi connectivity index (χ2n) is 3.51. The zero-order valence-electron chi connectivity index (χ0n) is 9.17. The van der Waals surface area contributed by atoms with E-state index in [0.29, 0.717) is 15.8 Å². The molecule has 0 fully saturated rings. The molecular weight excluding hydrogens is 246 g/mol. The fraction of sp³-hybridized carbons (Fsp3) is 0.400. The van der Waals surface area contributed by atoms with Gasteiger partial charge in [-0.1, -0.05) is 13.8 Å². The van der Waals surface area contributed by atoms with Crippen LogP contribution in [0.5, 0.6) is 0 Å². The topological polar surface area (TPSA) is 80.4 Å². The summed E-state index contributed by atoms with van der Waals surface area (Å²) in [5.41, 5.74) is 6.26. The first-order chi connectivity index (χ1) is 7.34. The van der Waals surface area contributed by atoms with Gasteiger partial charge in [-0.25, -0.2) is 0 Å². The number of nitrogen functional groups attached to an aromatic ring is 1. The van der Waals surface area contributed by atoms with Crippen molar-refractivity contribution in [2.24, 2.45) is 0 Å². The van der Waals surface area contributed by atoms with Gasteiger partial charge in [-0.2, -0.15) is 8.42 Å². The summed E-state index contributed by atoms with van der Waals surface area (Å²) in [5, 5.41) is 0.346. The van der Waals surface area contributed by atoms with Crippen LogP contribution in [0.15, 0.2) is 28.0 Å². The molecule has 0 saturated carbocycles. The third-order valence-electron chi connectivity index (χ3n) is 2.19. The zero-order chi connectivity index (χ0) is 12.3. The van der Waals surface area contributed by atoms with E-state index in [1.165, 1.54) is 30.0 Å². The molecule has 0 aliphatic heterocycles. The lowest BCUT2D eigenvalue weighted by atomic mass is 10.3. The van der Waals surface area contributed by atoms with Crippen LogP contribution < -0.4 is 5.73 Å². The van der Waals surface area contributed by atoms with Gasteiger partial charge in [0.1, 0.15) is 0 Å². The first kappa shape index (κ1) is 13.3. The number of rotatable bonds is 4. The minimum atomic E-state index is -4.15. The smallest absolute Gasteiger partial charge is 0.294 e. The summed E-state index contributed by atoms with van der Waals surface area (Å²) in [7, 11) is -4.15. The minimum absolute atomic E-state index is 0.118. The second-order valence-corrected chi connectivity index (χ2v) is 6.41. The van der Waals surface area contributed by atoms with Crippen LogP contribution in [0.1, 0.15) is 20.3 Å². The van der Waals surface area contributed by atoms with Crippen molar-refractivity contribution >= 4 is 27.6 Å². The summed E-state index contributed by atoms with van der Waals surface area (Å²) >= 11 is 1.50. The Morgan fingerprint density at radius 1 is 1.50 bits per heavy atom. The molecule has 6 heteroatoms. The molecular formula is C10H15NO3S2. The highest BCUT2D eigenvalue weighted by Crippen LogP contribution is 2.31. The lowest BCUT2D eigenvalue weighted by Gasteiger charge is -2.11. The van der Waals surface area contributed by atoms with Crippen LogP contribution in [-0.2, 0) is 10.1 Å². The van der Waals surface area contributed by atoms with Gasteiger partial charge in [0.2, 0.25) is 0 Å². The predicted octanol–water partition coefficient (Wildman–Crippen LogP) is 2.41. The van der Waals surface area contributed by atoms with Gasteiger partial charge in [-0.05, 0) is 24.6 Å². The van der Waals surface area contributed by atoms with Crippen LogP contribution in [0, 0.1) is 0 Å². The zero-order valence-corrected chi connectivity index (χ0v) is 10.8. The molecule has 0 aliphatic carbocycles. The quantitative estimate of drug-likeness (QED) is 0.494. The van der Waals surface area contributed by atoms with E-state index in [4.69, 9.17) is 10.3 Å². The van der Waals surface area contributed by atoms with Crippen LogP contribution in [0.3, 0.4) is 0 Å². The molecule has 0 bridgehead atoms. The fourth-order valence-electron chi connectivity index (χ4n) is 1.08. The molecule has 16 heavy (non-hydrogen) atoms. The first-order valence-corrected chi connectivity index (χ1v) is 7.20. The third kappa shape index (κ3) is 3.40. The van der Waals surface area contributed by atoms with E-state index in [-0.39, 0.29) is 4.90 Å². The molecule has 0 aromatic heterocycles. The van der Waals surface area contributed by atoms with Crippen LogP contribution >= 0.6 is 11.8 Å². The Morgan fingerprint density at radius 2 is 2.12 bits per heavy atom. The molecule has 0 spiro atoms. The molecule has 1 unspecified atom stereocenters. The molecule has 0 saturated heterocycles. The van der Waals surface area contributed by atoms with Crippen LogP contribution in [0.4, 0.5) is 5.69 Å². The fourth-order valence-corrected chi connectivity index (χ4v) is 2.66. The highest BCUT2D eigenvalue weighted by atomic mass is 32.2. The molecule has 4 nitrogen and oxygen atoms in total. The summed E-state index contributed by atoms with van der Waals surface area (Å²) in [5.74, 6) is 0.